The topological polar surface area (TPSA) is 178 Å². The summed E-state index contributed by atoms with van der Waals surface area (Å²) in [5.41, 5.74) is 5.17. The zero-order valence-electron chi connectivity index (χ0n) is 17.2. The predicted molar refractivity (Wildman–Crippen MR) is 107 cm³/mol. The summed E-state index contributed by atoms with van der Waals surface area (Å²) in [4.78, 5) is 49.8. The Labute approximate surface area is 174 Å². The Kier molecular flexibility index (Phi) is 9.99. The first kappa shape index (κ1) is 25.1. The van der Waals surface area contributed by atoms with Gasteiger partial charge in [-0.2, -0.15) is 0 Å². The van der Waals surface area contributed by atoms with Gasteiger partial charge in [0.15, 0.2) is 11.7 Å². The van der Waals surface area contributed by atoms with Gasteiger partial charge in [0.05, 0.1) is 6.04 Å². The maximum absolute atomic E-state index is 12.9. The molecule has 0 bridgehead atoms. The second-order valence-corrected chi connectivity index (χ2v) is 7.50. The van der Waals surface area contributed by atoms with Crippen LogP contribution in [0.3, 0.4) is 0 Å². The molecule has 0 aliphatic carbocycles. The van der Waals surface area contributed by atoms with Crippen LogP contribution in [0.4, 0.5) is 9.18 Å². The molecule has 1 heterocycles. The number of nitrogens with two attached hydrogens (primary N) is 1. The Bertz CT molecular complexity index is 659. The van der Waals surface area contributed by atoms with Crippen LogP contribution in [0.15, 0.2) is 0 Å². The third kappa shape index (κ3) is 7.48. The minimum absolute atomic E-state index is 0.143. The minimum Gasteiger partial charge on any atom is -0.465 e. The van der Waals surface area contributed by atoms with Crippen LogP contribution in [-0.2, 0) is 14.4 Å². The molecule has 1 aliphatic rings. The molecule has 11 nitrogen and oxygen atoms in total. The van der Waals surface area contributed by atoms with E-state index in [0.29, 0.717) is 19.3 Å². The monoisotopic (exact) mass is 430 g/mol. The standard InChI is InChI=1S/C18H31FN6O5/c1-10(2)14(24-18(29)30)16(28)25-8-4-6-12(25)15(27)23-11(13(26)9-19)5-3-7-22-17(20)21/h10-12,14,24H,3-9H2,1-2H3,(H,23,27)(H,29,30)(H4,20,21,22)/t11-,12+,14+/m1/s1. The molecule has 1 rings (SSSR count). The molecule has 1 fully saturated rings. The van der Waals surface area contributed by atoms with E-state index in [-0.39, 0.29) is 31.4 Å². The molecule has 3 atom stereocenters. The van der Waals surface area contributed by atoms with Crippen LogP contribution in [0.25, 0.3) is 0 Å². The van der Waals surface area contributed by atoms with Gasteiger partial charge in [-0.25, -0.2) is 9.18 Å². The predicted octanol–water partition coefficient (Wildman–Crippen LogP) is -0.444. The molecular formula is C18H31FN6O5. The van der Waals surface area contributed by atoms with Crippen LogP contribution < -0.4 is 21.7 Å². The zero-order chi connectivity index (χ0) is 22.8. The highest BCUT2D eigenvalue weighted by atomic mass is 19.1. The molecular weight excluding hydrogens is 399 g/mol. The minimum atomic E-state index is -1.34. The van der Waals surface area contributed by atoms with Gasteiger partial charge in [0, 0.05) is 13.1 Å². The summed E-state index contributed by atoms with van der Waals surface area (Å²) >= 11 is 0. The Morgan fingerprint density at radius 3 is 2.47 bits per heavy atom. The van der Waals surface area contributed by atoms with Crippen LogP contribution in [-0.4, -0.2) is 77.5 Å². The molecule has 1 saturated heterocycles. The number of carbonyl (C=O) groups is 4. The first-order valence-corrected chi connectivity index (χ1v) is 9.85. The number of nitrogens with one attached hydrogen (secondary N) is 4. The molecule has 0 spiro atoms. The number of nitrogens with zero attached hydrogens (tertiary/aromatic N) is 1. The highest BCUT2D eigenvalue weighted by molar-refractivity contribution is 5.95. The lowest BCUT2D eigenvalue weighted by molar-refractivity contribution is -0.141. The third-order valence-corrected chi connectivity index (χ3v) is 4.87. The molecule has 3 amide bonds. The van der Waals surface area contributed by atoms with Crippen LogP contribution in [0.5, 0.6) is 0 Å². The smallest absolute Gasteiger partial charge is 0.405 e. The van der Waals surface area contributed by atoms with E-state index in [2.05, 4.69) is 16.0 Å². The highest BCUT2D eigenvalue weighted by Gasteiger charge is 2.39. The van der Waals surface area contributed by atoms with E-state index in [9.17, 15) is 23.6 Å². The van der Waals surface area contributed by atoms with Gasteiger partial charge in [-0.3, -0.25) is 19.8 Å². The van der Waals surface area contributed by atoms with E-state index < -0.39 is 48.5 Å². The average molecular weight is 430 g/mol. The fourth-order valence-electron chi connectivity index (χ4n) is 3.33. The number of likely N-dealkylation sites (tertiary alicyclic amines) is 1. The van der Waals surface area contributed by atoms with Crippen molar-refractivity contribution in [1.29, 1.82) is 5.41 Å². The van der Waals surface area contributed by atoms with Gasteiger partial charge in [-0.1, -0.05) is 13.8 Å². The van der Waals surface area contributed by atoms with Crippen LogP contribution in [0.2, 0.25) is 0 Å². The molecule has 170 valence electrons. The number of guanidine groups is 1. The molecule has 7 N–H and O–H groups in total. The summed E-state index contributed by atoms with van der Waals surface area (Å²) < 4.78 is 12.9. The molecule has 0 saturated carbocycles. The third-order valence-electron chi connectivity index (χ3n) is 4.87. The molecule has 30 heavy (non-hydrogen) atoms. The molecule has 12 heteroatoms. The molecule has 0 aromatic heterocycles. The highest BCUT2D eigenvalue weighted by Crippen LogP contribution is 2.21. The van der Waals surface area contributed by atoms with E-state index >= 15 is 0 Å². The van der Waals surface area contributed by atoms with Crippen LogP contribution in [0, 0.1) is 11.3 Å². The van der Waals surface area contributed by atoms with Crippen molar-refractivity contribution in [1.82, 2.24) is 20.9 Å². The number of amides is 3. The molecule has 0 aromatic carbocycles. The van der Waals surface area contributed by atoms with E-state index in [0.717, 1.165) is 0 Å². The Hall–Kier alpha value is -2.92. The van der Waals surface area contributed by atoms with Crippen molar-refractivity contribution in [2.45, 2.75) is 57.7 Å². The van der Waals surface area contributed by atoms with Gasteiger partial charge in [-0.15, -0.1) is 0 Å². The van der Waals surface area contributed by atoms with Gasteiger partial charge in [0.1, 0.15) is 18.8 Å². The maximum atomic E-state index is 12.9. The number of carbonyl (C=O) groups excluding carboxylic acids is 3. The quantitative estimate of drug-likeness (QED) is 0.146. The van der Waals surface area contributed by atoms with Gasteiger partial charge >= 0.3 is 6.09 Å². The van der Waals surface area contributed by atoms with E-state index in [1.165, 1.54) is 4.90 Å². The Balaban J connectivity index is 2.82. The van der Waals surface area contributed by atoms with Gasteiger partial charge in [0.25, 0.3) is 0 Å². The summed E-state index contributed by atoms with van der Waals surface area (Å²) in [6.07, 6.45) is 0.0748. The van der Waals surface area contributed by atoms with Crippen molar-refractivity contribution >= 4 is 29.7 Å². The van der Waals surface area contributed by atoms with Gasteiger partial charge < -0.3 is 31.7 Å². The number of hydrogen-bond donors (Lipinski definition) is 6. The number of carboxylic acid groups (broad SMARTS) is 1. The van der Waals surface area contributed by atoms with E-state index in [4.69, 9.17) is 16.2 Å². The number of halogens is 1. The molecule has 1 aliphatic heterocycles. The van der Waals surface area contributed by atoms with Crippen LogP contribution >= 0.6 is 0 Å². The van der Waals surface area contributed by atoms with Crippen molar-refractivity contribution in [3.63, 3.8) is 0 Å². The number of hydrogen-bond acceptors (Lipinski definition) is 5. The first-order valence-electron chi connectivity index (χ1n) is 9.85. The van der Waals surface area contributed by atoms with Crippen molar-refractivity contribution in [3.8, 4) is 0 Å². The lowest BCUT2D eigenvalue weighted by Gasteiger charge is -2.30. The SMILES string of the molecule is CC(C)[C@H](NC(=O)O)C(=O)N1CCC[C@H]1C(=O)N[C@H](CCCNC(=N)N)C(=O)CF. The lowest BCUT2D eigenvalue weighted by atomic mass is 10.0. The average Bonchev–Trinajstić information content (AvgIpc) is 3.16. The number of Topliss-reactive ketones (excluding diaryl/α,β-unsaturated/α-hetero) is 1. The van der Waals surface area contributed by atoms with Crippen molar-refractivity contribution in [3.05, 3.63) is 0 Å². The summed E-state index contributed by atoms with van der Waals surface area (Å²) in [5.74, 6) is -2.43. The normalized spacial score (nSPS) is 17.9. The van der Waals surface area contributed by atoms with Crippen molar-refractivity contribution in [2.24, 2.45) is 11.7 Å². The van der Waals surface area contributed by atoms with Crippen molar-refractivity contribution < 1.29 is 28.7 Å². The van der Waals surface area contributed by atoms with Crippen molar-refractivity contribution in [2.75, 3.05) is 19.8 Å². The van der Waals surface area contributed by atoms with Gasteiger partial charge in [-0.05, 0) is 31.6 Å². The number of alkyl halides is 1. The van der Waals surface area contributed by atoms with E-state index in [1.54, 1.807) is 13.8 Å². The van der Waals surface area contributed by atoms with Crippen LogP contribution in [0.1, 0.15) is 39.5 Å². The molecule has 0 aromatic rings. The summed E-state index contributed by atoms with van der Waals surface area (Å²) in [5, 5.41) is 23.3. The molecule has 0 radical (unpaired) electrons. The lowest BCUT2D eigenvalue weighted by Crippen LogP contribution is -2.56. The summed E-state index contributed by atoms with van der Waals surface area (Å²) in [7, 11) is 0. The zero-order valence-corrected chi connectivity index (χ0v) is 17.2. The summed E-state index contributed by atoms with van der Waals surface area (Å²) in [6.45, 7) is 2.71. The first-order chi connectivity index (χ1) is 14.1. The second kappa shape index (κ2) is 11.9. The number of ketones is 1. The second-order valence-electron chi connectivity index (χ2n) is 7.50. The fourth-order valence-corrected chi connectivity index (χ4v) is 3.33. The Morgan fingerprint density at radius 2 is 1.93 bits per heavy atom. The fraction of sp³-hybridized carbons (Fsp3) is 0.722. The van der Waals surface area contributed by atoms with Gasteiger partial charge in [0.2, 0.25) is 11.8 Å². The number of rotatable bonds is 11. The molecule has 0 unspecified atom stereocenters. The summed E-state index contributed by atoms with van der Waals surface area (Å²) in [6, 6.07) is -2.93. The maximum Gasteiger partial charge on any atom is 0.405 e. The largest absolute Gasteiger partial charge is 0.465 e. The Morgan fingerprint density at radius 1 is 1.27 bits per heavy atom. The van der Waals surface area contributed by atoms with E-state index in [1.807, 2.05) is 0 Å².